The second kappa shape index (κ2) is 6.22. The Morgan fingerprint density at radius 2 is 2.00 bits per heavy atom. The second-order valence-corrected chi connectivity index (χ2v) is 5.26. The first-order valence-corrected chi connectivity index (χ1v) is 7.32. The summed E-state index contributed by atoms with van der Waals surface area (Å²) in [5.41, 5.74) is 3.37. The van der Waals surface area contributed by atoms with E-state index in [1.54, 1.807) is 6.07 Å². The van der Waals surface area contributed by atoms with Crippen LogP contribution in [0.15, 0.2) is 42.5 Å². The molecule has 0 radical (unpaired) electrons. The quantitative estimate of drug-likeness (QED) is 0.801. The maximum absolute atomic E-state index is 12.2. The largest absolute Gasteiger partial charge is 0.322 e. The number of hydrogen-bond acceptors (Lipinski definition) is 1. The summed E-state index contributed by atoms with van der Waals surface area (Å²) in [4.78, 5) is 12.2. The molecular weight excluding hydrogens is 326 g/mol. The predicted molar refractivity (Wildman–Crippen MR) is 83.2 cm³/mol. The molecule has 0 fully saturated rings. The summed E-state index contributed by atoms with van der Waals surface area (Å²) in [6.07, 6.45) is 0. The van der Waals surface area contributed by atoms with Crippen LogP contribution in [0.5, 0.6) is 0 Å². The van der Waals surface area contributed by atoms with Crippen LogP contribution in [0.4, 0.5) is 5.69 Å². The minimum atomic E-state index is -0.154. The van der Waals surface area contributed by atoms with E-state index in [1.165, 1.54) is 0 Å². The maximum atomic E-state index is 12.2. The number of para-hydroxylation sites is 1. The summed E-state index contributed by atoms with van der Waals surface area (Å²) in [6.45, 7) is 1.91. The molecule has 0 atom stereocenters. The zero-order valence-corrected chi connectivity index (χ0v) is 12.8. The molecule has 0 aliphatic heterocycles. The van der Waals surface area contributed by atoms with Gasteiger partial charge in [0, 0.05) is 21.6 Å². The van der Waals surface area contributed by atoms with Gasteiger partial charge >= 0.3 is 0 Å². The fourth-order valence-electron chi connectivity index (χ4n) is 1.82. The highest BCUT2D eigenvalue weighted by Gasteiger charge is 2.09. The maximum Gasteiger partial charge on any atom is 0.255 e. The average Bonchev–Trinajstić information content (AvgIpc) is 2.38. The van der Waals surface area contributed by atoms with E-state index >= 15 is 0 Å². The van der Waals surface area contributed by atoms with Crippen LogP contribution >= 0.6 is 27.5 Å². The molecule has 19 heavy (non-hydrogen) atoms. The number of alkyl halides is 1. The molecule has 0 spiro atoms. The lowest BCUT2D eigenvalue weighted by atomic mass is 10.1. The van der Waals surface area contributed by atoms with Gasteiger partial charge in [-0.2, -0.15) is 0 Å². The van der Waals surface area contributed by atoms with Crippen LogP contribution in [-0.4, -0.2) is 5.91 Å². The SMILES string of the molecule is Cc1cc(Cl)cc(C(=O)Nc2ccccc2CBr)c1. The van der Waals surface area contributed by atoms with Crippen molar-refractivity contribution in [1.29, 1.82) is 0 Å². The van der Waals surface area contributed by atoms with E-state index in [1.807, 2.05) is 43.3 Å². The molecule has 2 nitrogen and oxygen atoms in total. The van der Waals surface area contributed by atoms with Crippen molar-refractivity contribution in [3.05, 3.63) is 64.2 Å². The zero-order valence-electron chi connectivity index (χ0n) is 10.4. The molecule has 0 aromatic heterocycles. The Hall–Kier alpha value is -1.32. The van der Waals surface area contributed by atoms with E-state index in [9.17, 15) is 4.79 Å². The average molecular weight is 339 g/mol. The smallest absolute Gasteiger partial charge is 0.255 e. The summed E-state index contributed by atoms with van der Waals surface area (Å²) in [6, 6.07) is 13.0. The first-order chi connectivity index (χ1) is 9.10. The van der Waals surface area contributed by atoms with Crippen molar-refractivity contribution in [3.8, 4) is 0 Å². The van der Waals surface area contributed by atoms with Gasteiger partial charge in [0.15, 0.2) is 0 Å². The van der Waals surface area contributed by atoms with Crippen molar-refractivity contribution in [2.45, 2.75) is 12.3 Å². The molecule has 0 saturated carbocycles. The third-order valence-electron chi connectivity index (χ3n) is 2.71. The topological polar surface area (TPSA) is 29.1 Å². The Kier molecular flexibility index (Phi) is 4.61. The molecule has 98 valence electrons. The van der Waals surface area contributed by atoms with Gasteiger partial charge in [-0.15, -0.1) is 0 Å². The molecule has 2 aromatic carbocycles. The number of benzene rings is 2. The number of carbonyl (C=O) groups excluding carboxylic acids is 1. The van der Waals surface area contributed by atoms with Crippen molar-refractivity contribution in [3.63, 3.8) is 0 Å². The molecule has 0 unspecified atom stereocenters. The highest BCUT2D eigenvalue weighted by atomic mass is 79.9. The Morgan fingerprint density at radius 1 is 1.26 bits per heavy atom. The Labute approximate surface area is 125 Å². The van der Waals surface area contributed by atoms with Gasteiger partial charge in [-0.1, -0.05) is 45.7 Å². The summed E-state index contributed by atoms with van der Waals surface area (Å²) < 4.78 is 0. The predicted octanol–water partition coefficient (Wildman–Crippen LogP) is 4.80. The number of halogens is 2. The molecular formula is C15H13BrClNO. The van der Waals surface area contributed by atoms with E-state index in [0.717, 1.165) is 16.8 Å². The third-order valence-corrected chi connectivity index (χ3v) is 3.54. The van der Waals surface area contributed by atoms with Crippen molar-refractivity contribution >= 4 is 39.1 Å². The van der Waals surface area contributed by atoms with Crippen molar-refractivity contribution in [1.82, 2.24) is 0 Å². The van der Waals surface area contributed by atoms with Gasteiger partial charge in [0.1, 0.15) is 0 Å². The van der Waals surface area contributed by atoms with Gasteiger partial charge in [-0.25, -0.2) is 0 Å². The number of rotatable bonds is 3. The molecule has 0 heterocycles. The fourth-order valence-corrected chi connectivity index (χ4v) is 2.60. The normalized spacial score (nSPS) is 10.3. The van der Waals surface area contributed by atoms with Gasteiger partial charge in [-0.05, 0) is 42.3 Å². The van der Waals surface area contributed by atoms with E-state index in [2.05, 4.69) is 21.2 Å². The lowest BCUT2D eigenvalue weighted by molar-refractivity contribution is 0.102. The summed E-state index contributed by atoms with van der Waals surface area (Å²) in [7, 11) is 0. The monoisotopic (exact) mass is 337 g/mol. The molecule has 0 bridgehead atoms. The van der Waals surface area contributed by atoms with Crippen LogP contribution in [0.1, 0.15) is 21.5 Å². The highest BCUT2D eigenvalue weighted by Crippen LogP contribution is 2.20. The number of carbonyl (C=O) groups is 1. The van der Waals surface area contributed by atoms with Crippen LogP contribution in [0, 0.1) is 6.92 Å². The van der Waals surface area contributed by atoms with Crippen LogP contribution in [-0.2, 0) is 5.33 Å². The second-order valence-electron chi connectivity index (χ2n) is 4.26. The third kappa shape index (κ3) is 3.58. The van der Waals surface area contributed by atoms with Crippen LogP contribution in [0.2, 0.25) is 5.02 Å². The van der Waals surface area contributed by atoms with E-state index in [4.69, 9.17) is 11.6 Å². The van der Waals surface area contributed by atoms with Crippen molar-refractivity contribution in [2.24, 2.45) is 0 Å². The molecule has 4 heteroatoms. The highest BCUT2D eigenvalue weighted by molar-refractivity contribution is 9.08. The van der Waals surface area contributed by atoms with Crippen LogP contribution < -0.4 is 5.32 Å². The lowest BCUT2D eigenvalue weighted by Crippen LogP contribution is -2.13. The van der Waals surface area contributed by atoms with Crippen molar-refractivity contribution < 1.29 is 4.79 Å². The fraction of sp³-hybridized carbons (Fsp3) is 0.133. The first-order valence-electron chi connectivity index (χ1n) is 5.82. The van der Waals surface area contributed by atoms with Gasteiger partial charge in [0.25, 0.3) is 5.91 Å². The minimum Gasteiger partial charge on any atom is -0.322 e. The Bertz CT molecular complexity index is 593. The summed E-state index contributed by atoms with van der Waals surface area (Å²) in [5.74, 6) is -0.154. The van der Waals surface area contributed by atoms with E-state index < -0.39 is 0 Å². The molecule has 2 rings (SSSR count). The number of aryl methyl sites for hydroxylation is 1. The molecule has 2 aromatic rings. The van der Waals surface area contributed by atoms with E-state index in [-0.39, 0.29) is 5.91 Å². The van der Waals surface area contributed by atoms with E-state index in [0.29, 0.717) is 15.9 Å². The number of anilines is 1. The summed E-state index contributed by atoms with van der Waals surface area (Å²) >= 11 is 9.37. The molecule has 0 aliphatic rings. The number of nitrogens with one attached hydrogen (secondary N) is 1. The molecule has 0 saturated heterocycles. The molecule has 1 amide bonds. The first kappa shape index (κ1) is 14.1. The molecule has 1 N–H and O–H groups in total. The van der Waals surface area contributed by atoms with Crippen LogP contribution in [0.3, 0.4) is 0 Å². The Balaban J connectivity index is 2.25. The van der Waals surface area contributed by atoms with Gasteiger partial charge < -0.3 is 5.32 Å². The summed E-state index contributed by atoms with van der Waals surface area (Å²) in [5, 5.41) is 4.17. The number of amides is 1. The zero-order chi connectivity index (χ0) is 13.8. The van der Waals surface area contributed by atoms with Gasteiger partial charge in [-0.3, -0.25) is 4.79 Å². The standard InChI is InChI=1S/C15H13BrClNO/c1-10-6-12(8-13(17)7-10)15(19)18-14-5-3-2-4-11(14)9-16/h2-8H,9H2,1H3,(H,18,19). The number of hydrogen-bond donors (Lipinski definition) is 1. The van der Waals surface area contributed by atoms with Crippen LogP contribution in [0.25, 0.3) is 0 Å². The minimum absolute atomic E-state index is 0.154. The van der Waals surface area contributed by atoms with Gasteiger partial charge in [0.05, 0.1) is 0 Å². The Morgan fingerprint density at radius 3 is 2.68 bits per heavy atom. The lowest BCUT2D eigenvalue weighted by Gasteiger charge is -2.10. The van der Waals surface area contributed by atoms with Crippen molar-refractivity contribution in [2.75, 3.05) is 5.32 Å². The molecule has 0 aliphatic carbocycles. The van der Waals surface area contributed by atoms with Gasteiger partial charge in [0.2, 0.25) is 0 Å².